The molecule has 2 aromatic heterocycles. The first-order chi connectivity index (χ1) is 18.1. The molecule has 7 heteroatoms. The van der Waals surface area contributed by atoms with Gasteiger partial charge < -0.3 is 9.30 Å². The molecule has 0 radical (unpaired) electrons. The molecule has 1 N–H and O–H groups in total. The van der Waals surface area contributed by atoms with E-state index in [1.54, 1.807) is 0 Å². The van der Waals surface area contributed by atoms with Crippen LogP contribution >= 0.6 is 23.2 Å². The Balaban J connectivity index is 1.73. The van der Waals surface area contributed by atoms with E-state index in [9.17, 15) is 0 Å². The second-order valence-corrected chi connectivity index (χ2v) is 10.1. The molecule has 0 amide bonds. The third-order valence-electron chi connectivity index (χ3n) is 7.11. The molecule has 3 aromatic carbocycles. The van der Waals surface area contributed by atoms with E-state index in [1.807, 2.05) is 50.0 Å². The molecule has 0 spiro atoms. The highest BCUT2D eigenvalue weighted by molar-refractivity contribution is 6.31. The highest BCUT2D eigenvalue weighted by Crippen LogP contribution is 2.40. The quantitative estimate of drug-likeness (QED) is 0.276. The first kappa shape index (κ1) is 24.0. The van der Waals surface area contributed by atoms with Crippen LogP contribution in [0.3, 0.4) is 0 Å². The van der Waals surface area contributed by atoms with Gasteiger partial charge in [-0.15, -0.1) is 11.6 Å². The Kier molecular flexibility index (Phi) is 6.37. The predicted molar refractivity (Wildman–Crippen MR) is 150 cm³/mol. The molecule has 1 unspecified atom stereocenters. The van der Waals surface area contributed by atoms with Crippen LogP contribution in [-0.2, 0) is 19.0 Å². The van der Waals surface area contributed by atoms with Gasteiger partial charge in [0, 0.05) is 48.1 Å². The lowest BCUT2D eigenvalue weighted by Gasteiger charge is -2.37. The second kappa shape index (κ2) is 9.82. The average molecular weight is 529 g/mol. The van der Waals surface area contributed by atoms with Crippen LogP contribution in [0.15, 0.2) is 85.5 Å². The van der Waals surface area contributed by atoms with Crippen LogP contribution in [-0.4, -0.2) is 33.6 Å². The fraction of sp³-hybridized carbons (Fsp3) is 0.200. The molecule has 3 heterocycles. The summed E-state index contributed by atoms with van der Waals surface area (Å²) < 4.78 is 8.22. The van der Waals surface area contributed by atoms with Crippen LogP contribution in [0.1, 0.15) is 22.4 Å². The number of hydrogen-bond donors (Lipinski definition) is 1. The Morgan fingerprint density at radius 1 is 1.05 bits per heavy atom. The number of aromatic nitrogens is 3. The number of fused-ring (bicyclic) bond motifs is 6. The zero-order valence-electron chi connectivity index (χ0n) is 20.4. The normalized spacial score (nSPS) is 16.9. The van der Waals surface area contributed by atoms with Gasteiger partial charge in [-0.25, -0.2) is 4.98 Å². The molecule has 6 bridgehead atoms. The molecule has 5 aromatic rings. The molecule has 5 nitrogen and oxygen atoms in total. The first-order valence-electron chi connectivity index (χ1n) is 12.3. The molecule has 1 atom stereocenters. The molecule has 0 aliphatic carbocycles. The minimum absolute atomic E-state index is 0.459. The number of benzene rings is 3. The number of nitrogens with one attached hydrogen (secondary N) is 1. The van der Waals surface area contributed by atoms with E-state index in [1.165, 1.54) is 0 Å². The van der Waals surface area contributed by atoms with Crippen LogP contribution in [0.4, 0.5) is 0 Å². The second-order valence-electron chi connectivity index (χ2n) is 9.28. The Labute approximate surface area is 226 Å². The summed E-state index contributed by atoms with van der Waals surface area (Å²) in [6.07, 6.45) is 6.27. The maximum atomic E-state index is 6.70. The minimum Gasteiger partial charge on any atom is -0.493 e. The number of alkyl halides is 1. The third-order valence-corrected chi connectivity index (χ3v) is 7.67. The number of hydrogen-bond acceptors (Lipinski definition) is 4. The first-order valence-corrected chi connectivity index (χ1v) is 13.2. The van der Waals surface area contributed by atoms with Crippen molar-refractivity contribution < 1.29 is 4.74 Å². The van der Waals surface area contributed by atoms with Gasteiger partial charge in [-0.2, -0.15) is 0 Å². The van der Waals surface area contributed by atoms with E-state index >= 15 is 0 Å². The number of aryl methyl sites for hydroxylation is 1. The summed E-state index contributed by atoms with van der Waals surface area (Å²) >= 11 is 13.0. The van der Waals surface area contributed by atoms with E-state index < -0.39 is 5.54 Å². The SMILES string of the molecule is Cn1cncc1C1(NCCCl)c2ccc(Cl)c(c2)CCOc2cccc(c2)-c2nccc3ccc1cc23. The fourth-order valence-electron chi connectivity index (χ4n) is 5.35. The van der Waals surface area contributed by atoms with Gasteiger partial charge in [0.05, 0.1) is 30.5 Å². The maximum absolute atomic E-state index is 6.70. The zero-order chi connectivity index (χ0) is 25.4. The number of imidazole rings is 1. The van der Waals surface area contributed by atoms with E-state index in [2.05, 4.69) is 57.3 Å². The standard InChI is InChI=1S/C30H26Cl2N4O/c1-36-19-33-18-28(36)30(35-13-11-31)23-7-8-27(32)21(15-23)10-14-37-25-4-2-3-22(16-25)29-26-17-24(30)6-5-20(26)9-12-34-29/h2-9,12,15-19,35H,10-11,13-14H2,1H3. The van der Waals surface area contributed by atoms with Crippen molar-refractivity contribution in [3.8, 4) is 17.0 Å². The number of halogens is 2. The van der Waals surface area contributed by atoms with Crippen LogP contribution in [0.25, 0.3) is 22.0 Å². The Bertz CT molecular complexity index is 1600. The van der Waals surface area contributed by atoms with Crippen molar-refractivity contribution in [1.29, 1.82) is 0 Å². The highest BCUT2D eigenvalue weighted by Gasteiger charge is 2.39. The predicted octanol–water partition coefficient (Wildman–Crippen LogP) is 6.34. The molecule has 0 saturated carbocycles. The number of rotatable bonds is 4. The van der Waals surface area contributed by atoms with Crippen molar-refractivity contribution >= 4 is 34.0 Å². The van der Waals surface area contributed by atoms with Crippen molar-refractivity contribution in [2.75, 3.05) is 19.0 Å². The van der Waals surface area contributed by atoms with Gasteiger partial charge in [-0.3, -0.25) is 10.3 Å². The summed E-state index contributed by atoms with van der Waals surface area (Å²) in [5.41, 5.74) is 5.34. The van der Waals surface area contributed by atoms with E-state index in [-0.39, 0.29) is 0 Å². The van der Waals surface area contributed by atoms with Gasteiger partial charge in [0.15, 0.2) is 0 Å². The van der Waals surface area contributed by atoms with Crippen LogP contribution < -0.4 is 10.1 Å². The lowest BCUT2D eigenvalue weighted by molar-refractivity contribution is 0.322. The molecule has 0 fully saturated rings. The van der Waals surface area contributed by atoms with Gasteiger partial charge in [0.25, 0.3) is 0 Å². The summed E-state index contributed by atoms with van der Waals surface area (Å²) in [7, 11) is 2.02. The lowest BCUT2D eigenvalue weighted by atomic mass is 9.78. The van der Waals surface area contributed by atoms with Gasteiger partial charge in [0.2, 0.25) is 0 Å². The molecular weight excluding hydrogens is 503 g/mol. The summed E-state index contributed by atoms with van der Waals surface area (Å²) in [4.78, 5) is 9.30. The Hall–Kier alpha value is -3.38. The van der Waals surface area contributed by atoms with E-state index in [0.717, 1.165) is 55.2 Å². The molecule has 37 heavy (non-hydrogen) atoms. The van der Waals surface area contributed by atoms with Gasteiger partial charge in [-0.05, 0) is 52.4 Å². The van der Waals surface area contributed by atoms with Gasteiger partial charge in [-0.1, -0.05) is 48.0 Å². The Morgan fingerprint density at radius 3 is 2.76 bits per heavy atom. The third kappa shape index (κ3) is 4.17. The molecule has 0 saturated heterocycles. The zero-order valence-corrected chi connectivity index (χ0v) is 21.9. The summed E-state index contributed by atoms with van der Waals surface area (Å²) in [5.74, 6) is 1.27. The maximum Gasteiger partial charge on any atom is 0.119 e. The molecular formula is C30H26Cl2N4O. The fourth-order valence-corrected chi connectivity index (χ4v) is 5.66. The van der Waals surface area contributed by atoms with E-state index in [4.69, 9.17) is 32.9 Å². The van der Waals surface area contributed by atoms with Crippen molar-refractivity contribution in [1.82, 2.24) is 19.9 Å². The van der Waals surface area contributed by atoms with Crippen molar-refractivity contribution in [3.63, 3.8) is 0 Å². The van der Waals surface area contributed by atoms with Crippen LogP contribution in [0.2, 0.25) is 5.02 Å². The molecule has 6 rings (SSSR count). The van der Waals surface area contributed by atoms with Crippen LogP contribution in [0.5, 0.6) is 5.75 Å². The monoisotopic (exact) mass is 528 g/mol. The smallest absolute Gasteiger partial charge is 0.119 e. The van der Waals surface area contributed by atoms with Crippen molar-refractivity contribution in [3.05, 3.63) is 113 Å². The summed E-state index contributed by atoms with van der Waals surface area (Å²) in [6, 6.07) is 23.0. The molecule has 186 valence electrons. The highest BCUT2D eigenvalue weighted by atomic mass is 35.5. The lowest BCUT2D eigenvalue weighted by Crippen LogP contribution is -2.46. The van der Waals surface area contributed by atoms with E-state index in [0.29, 0.717) is 25.5 Å². The van der Waals surface area contributed by atoms with Crippen molar-refractivity contribution in [2.45, 2.75) is 12.0 Å². The van der Waals surface area contributed by atoms with Crippen LogP contribution in [0, 0.1) is 0 Å². The van der Waals surface area contributed by atoms with Crippen molar-refractivity contribution in [2.24, 2.45) is 7.05 Å². The average Bonchev–Trinajstić information content (AvgIpc) is 3.36. The number of nitrogens with zero attached hydrogens (tertiary/aromatic N) is 3. The number of ether oxygens (including phenoxy) is 1. The molecule has 1 aliphatic rings. The summed E-state index contributed by atoms with van der Waals surface area (Å²) in [5, 5.41) is 6.68. The van der Waals surface area contributed by atoms with Gasteiger partial charge >= 0.3 is 0 Å². The largest absolute Gasteiger partial charge is 0.493 e. The molecule has 1 aliphatic heterocycles. The van der Waals surface area contributed by atoms with Gasteiger partial charge in [0.1, 0.15) is 11.3 Å². The Morgan fingerprint density at radius 2 is 1.92 bits per heavy atom. The minimum atomic E-state index is -0.729. The summed E-state index contributed by atoms with van der Waals surface area (Å²) in [6.45, 7) is 1.09. The topological polar surface area (TPSA) is 52.0 Å². The number of pyridine rings is 1.